The maximum Gasteiger partial charge on any atom is 0.274 e. The molecule has 3 aromatic rings. The van der Waals surface area contributed by atoms with Crippen molar-refractivity contribution < 1.29 is 28.4 Å². The molecule has 0 spiro atoms. The number of nitrogens with zero attached hydrogens (tertiary/aromatic N) is 2. The normalized spacial score (nSPS) is 21.1. The van der Waals surface area contributed by atoms with E-state index in [4.69, 9.17) is 18.6 Å². The van der Waals surface area contributed by atoms with Crippen molar-refractivity contribution in [3.63, 3.8) is 0 Å². The second kappa shape index (κ2) is 8.56. The first kappa shape index (κ1) is 19.8. The number of ether oxygens (including phenoxy) is 3. The lowest BCUT2D eigenvalue weighted by Gasteiger charge is -2.32. The zero-order valence-electron chi connectivity index (χ0n) is 17.9. The lowest BCUT2D eigenvalue weighted by molar-refractivity contribution is -1.03. The molecule has 0 bridgehead atoms. The average Bonchev–Trinajstić information content (AvgIpc) is 3.49. The van der Waals surface area contributed by atoms with E-state index in [0.29, 0.717) is 18.6 Å². The number of quaternary nitrogens is 2. The van der Waals surface area contributed by atoms with Gasteiger partial charge < -0.3 is 28.4 Å². The maximum atomic E-state index is 6.01. The Kier molecular flexibility index (Phi) is 5.48. The summed E-state index contributed by atoms with van der Waals surface area (Å²) < 4.78 is 22.1. The molecule has 0 aliphatic carbocycles. The van der Waals surface area contributed by atoms with Gasteiger partial charge in [0.05, 0.1) is 7.11 Å². The predicted octanol–water partition coefficient (Wildman–Crippen LogP) is 0.519. The third kappa shape index (κ3) is 4.22. The fraction of sp³-hybridized carbons (Fsp3) is 0.391. The first-order valence-electron chi connectivity index (χ1n) is 10.7. The maximum absolute atomic E-state index is 6.01. The van der Waals surface area contributed by atoms with Crippen LogP contribution in [0.25, 0.3) is 11.5 Å². The molecule has 2 aromatic carbocycles. The molecule has 31 heavy (non-hydrogen) atoms. The number of aromatic nitrogens is 2. The van der Waals surface area contributed by atoms with Crippen molar-refractivity contribution >= 4 is 0 Å². The van der Waals surface area contributed by atoms with Crippen LogP contribution in [0.1, 0.15) is 24.4 Å². The summed E-state index contributed by atoms with van der Waals surface area (Å²) in [7, 11) is 1.65. The highest BCUT2D eigenvalue weighted by atomic mass is 16.7. The number of nitrogens with one attached hydrogen (secondary N) is 2. The van der Waals surface area contributed by atoms with Gasteiger partial charge in [0.2, 0.25) is 12.7 Å². The number of hydrogen-bond acceptors (Lipinski definition) is 6. The Hall–Kier alpha value is -3.10. The summed E-state index contributed by atoms with van der Waals surface area (Å²) in [5, 5.41) is 8.59. The van der Waals surface area contributed by atoms with Crippen LogP contribution in [0.3, 0.4) is 0 Å². The van der Waals surface area contributed by atoms with Crippen molar-refractivity contribution in [3.05, 3.63) is 53.9 Å². The van der Waals surface area contributed by atoms with E-state index >= 15 is 0 Å². The highest BCUT2D eigenvalue weighted by Crippen LogP contribution is 2.32. The molecular weight excluding hydrogens is 396 g/mol. The third-order valence-corrected chi connectivity index (χ3v) is 6.25. The second-order valence-corrected chi connectivity index (χ2v) is 8.17. The summed E-state index contributed by atoms with van der Waals surface area (Å²) in [6, 6.07) is 14.1. The molecule has 1 aromatic heterocycles. The molecule has 8 heteroatoms. The lowest BCUT2D eigenvalue weighted by Crippen LogP contribution is -3.27. The van der Waals surface area contributed by atoms with Crippen LogP contribution in [0.2, 0.25) is 0 Å². The van der Waals surface area contributed by atoms with Gasteiger partial charge in [-0.25, -0.2) is 0 Å². The summed E-state index contributed by atoms with van der Waals surface area (Å²) in [5.74, 6) is 3.76. The number of fused-ring (bicyclic) bond motifs is 1. The Balaban J connectivity index is 1.17. The SMILES string of the molecule is COc1ccc(-c2nnc([C@H](C)[NH+]3CC[NH+](Cc4ccc5c(c4)OCO5)CC3)o2)cc1. The molecule has 0 saturated carbocycles. The van der Waals surface area contributed by atoms with Gasteiger partial charge in [-0.2, -0.15) is 0 Å². The van der Waals surface area contributed by atoms with Gasteiger partial charge in [-0.3, -0.25) is 0 Å². The smallest absolute Gasteiger partial charge is 0.274 e. The van der Waals surface area contributed by atoms with Crippen molar-refractivity contribution in [2.24, 2.45) is 0 Å². The minimum absolute atomic E-state index is 0.173. The quantitative estimate of drug-likeness (QED) is 0.601. The van der Waals surface area contributed by atoms with Crippen LogP contribution in [0.4, 0.5) is 0 Å². The molecule has 162 valence electrons. The monoisotopic (exact) mass is 424 g/mol. The van der Waals surface area contributed by atoms with Crippen molar-refractivity contribution in [3.8, 4) is 28.7 Å². The van der Waals surface area contributed by atoms with Gasteiger partial charge in [-0.1, -0.05) is 0 Å². The Morgan fingerprint density at radius 1 is 0.968 bits per heavy atom. The second-order valence-electron chi connectivity index (χ2n) is 8.17. The fourth-order valence-electron chi connectivity index (χ4n) is 4.31. The standard InChI is InChI=1S/C23H26N4O4/c1-16(22-24-25-23(31-22)18-4-6-19(28-2)7-5-18)27-11-9-26(10-12-27)14-17-3-8-20-21(13-17)30-15-29-20/h3-8,13,16H,9-12,14-15H2,1-2H3/p+2/t16-/m0/s1. The lowest BCUT2D eigenvalue weighted by atomic mass is 10.1. The van der Waals surface area contributed by atoms with Gasteiger partial charge in [0.1, 0.15) is 38.5 Å². The summed E-state index contributed by atoms with van der Waals surface area (Å²) in [6.45, 7) is 7.84. The molecule has 3 heterocycles. The van der Waals surface area contributed by atoms with E-state index in [1.807, 2.05) is 30.3 Å². The molecule has 0 amide bonds. The largest absolute Gasteiger partial charge is 0.497 e. The molecule has 2 aliphatic rings. The average molecular weight is 425 g/mol. The van der Waals surface area contributed by atoms with Crippen molar-refractivity contribution in [1.29, 1.82) is 0 Å². The summed E-state index contributed by atoms with van der Waals surface area (Å²) in [5.41, 5.74) is 2.19. The number of piperazine rings is 1. The third-order valence-electron chi connectivity index (χ3n) is 6.25. The van der Waals surface area contributed by atoms with Crippen LogP contribution in [0, 0.1) is 0 Å². The van der Waals surface area contributed by atoms with Gasteiger partial charge >= 0.3 is 0 Å². The Labute approximate surface area is 181 Å². The molecule has 2 N–H and O–H groups in total. The first-order chi connectivity index (χ1) is 15.2. The van der Waals surface area contributed by atoms with Crippen LogP contribution in [-0.2, 0) is 6.54 Å². The van der Waals surface area contributed by atoms with Crippen LogP contribution < -0.4 is 24.0 Å². The number of methoxy groups -OCH3 is 1. The Bertz CT molecular complexity index is 1030. The van der Waals surface area contributed by atoms with Crippen LogP contribution >= 0.6 is 0 Å². The highest BCUT2D eigenvalue weighted by Gasteiger charge is 2.31. The van der Waals surface area contributed by atoms with Crippen LogP contribution in [0.15, 0.2) is 46.9 Å². The molecule has 8 nitrogen and oxygen atoms in total. The molecular formula is C23H28N4O4+2. The van der Waals surface area contributed by atoms with E-state index in [-0.39, 0.29) is 6.04 Å². The molecule has 0 radical (unpaired) electrons. The van der Waals surface area contributed by atoms with E-state index < -0.39 is 0 Å². The van der Waals surface area contributed by atoms with Crippen molar-refractivity contribution in [2.75, 3.05) is 40.1 Å². The van der Waals surface area contributed by atoms with Crippen LogP contribution in [-0.4, -0.2) is 50.3 Å². The van der Waals surface area contributed by atoms with Gasteiger partial charge in [-0.05, 0) is 49.4 Å². The molecule has 1 saturated heterocycles. The summed E-state index contributed by atoms with van der Waals surface area (Å²) in [4.78, 5) is 3.07. The van der Waals surface area contributed by atoms with Crippen LogP contribution in [0.5, 0.6) is 17.2 Å². The van der Waals surface area contributed by atoms with Crippen molar-refractivity contribution in [1.82, 2.24) is 10.2 Å². The first-order valence-corrected chi connectivity index (χ1v) is 10.7. The minimum atomic E-state index is 0.173. The molecule has 1 fully saturated rings. The fourth-order valence-corrected chi connectivity index (χ4v) is 4.31. The zero-order valence-corrected chi connectivity index (χ0v) is 17.9. The topological polar surface area (TPSA) is 75.5 Å². The molecule has 2 aliphatic heterocycles. The van der Waals surface area contributed by atoms with E-state index in [9.17, 15) is 0 Å². The highest BCUT2D eigenvalue weighted by molar-refractivity contribution is 5.54. The Morgan fingerprint density at radius 3 is 2.52 bits per heavy atom. The molecule has 0 unspecified atom stereocenters. The Morgan fingerprint density at radius 2 is 1.74 bits per heavy atom. The number of rotatable bonds is 6. The van der Waals surface area contributed by atoms with Gasteiger partial charge in [0, 0.05) is 11.1 Å². The number of benzene rings is 2. The summed E-state index contributed by atoms with van der Waals surface area (Å²) >= 11 is 0. The van der Waals surface area contributed by atoms with E-state index in [1.54, 1.807) is 12.0 Å². The molecule has 5 rings (SSSR count). The van der Waals surface area contributed by atoms with Gasteiger partial charge in [-0.15, -0.1) is 10.2 Å². The van der Waals surface area contributed by atoms with Gasteiger partial charge in [0.25, 0.3) is 5.89 Å². The summed E-state index contributed by atoms with van der Waals surface area (Å²) in [6.07, 6.45) is 0. The zero-order chi connectivity index (χ0) is 21.2. The van der Waals surface area contributed by atoms with E-state index in [0.717, 1.165) is 55.5 Å². The van der Waals surface area contributed by atoms with Crippen molar-refractivity contribution in [2.45, 2.75) is 19.5 Å². The minimum Gasteiger partial charge on any atom is -0.497 e. The number of hydrogen-bond donors (Lipinski definition) is 2. The van der Waals surface area contributed by atoms with E-state index in [1.165, 1.54) is 10.5 Å². The molecule has 1 atom stereocenters. The van der Waals surface area contributed by atoms with E-state index in [2.05, 4.69) is 29.3 Å². The predicted molar refractivity (Wildman–Crippen MR) is 112 cm³/mol. The van der Waals surface area contributed by atoms with Gasteiger partial charge in [0.15, 0.2) is 17.5 Å².